The fourth-order valence-electron chi connectivity index (χ4n) is 1.71. The van der Waals surface area contributed by atoms with Gasteiger partial charge in [0, 0.05) is 5.54 Å². The number of hydrogen-bond donors (Lipinski definition) is 3. The number of carboxylic acids is 1. The average Bonchev–Trinajstić information content (AvgIpc) is 2.05. The lowest BCUT2D eigenvalue weighted by atomic mass is 9.85. The summed E-state index contributed by atoms with van der Waals surface area (Å²) in [5, 5.41) is 15.0. The van der Waals surface area contributed by atoms with Gasteiger partial charge >= 0.3 is 5.97 Å². The van der Waals surface area contributed by atoms with Crippen LogP contribution in [0, 0.1) is 0 Å². The quantitative estimate of drug-likeness (QED) is 0.552. The lowest BCUT2D eigenvalue weighted by molar-refractivity contribution is -0.139. The molecule has 0 aromatic heterocycles. The molecular weight excluding hydrogens is 156 g/mol. The van der Waals surface area contributed by atoms with E-state index in [0.29, 0.717) is 0 Å². The smallest absolute Gasteiger partial charge is 0.305 e. The van der Waals surface area contributed by atoms with E-state index in [1.165, 1.54) is 0 Å². The molecule has 1 rings (SSSR count). The lowest BCUT2D eigenvalue weighted by Gasteiger charge is -2.36. The first-order valence-corrected chi connectivity index (χ1v) is 4.30. The summed E-state index contributed by atoms with van der Waals surface area (Å²) in [4.78, 5) is 10.6. The Balaban J connectivity index is 2.53. The van der Waals surface area contributed by atoms with Gasteiger partial charge in [0.05, 0.1) is 6.42 Å². The van der Waals surface area contributed by atoms with Crippen LogP contribution in [0.5, 0.6) is 0 Å². The second-order valence-corrected chi connectivity index (χ2v) is 3.35. The van der Waals surface area contributed by atoms with Crippen LogP contribution in [-0.2, 0) is 4.79 Å². The average molecular weight is 172 g/mol. The molecule has 12 heavy (non-hydrogen) atoms. The number of hydrogen-bond acceptors (Lipinski definition) is 3. The van der Waals surface area contributed by atoms with Gasteiger partial charge in [-0.25, -0.2) is 0 Å². The normalized spacial score (nSPS) is 22.1. The van der Waals surface area contributed by atoms with Crippen LogP contribution in [0.15, 0.2) is 0 Å². The summed E-state index contributed by atoms with van der Waals surface area (Å²) in [5.41, 5.74) is -0.170. The molecule has 1 saturated heterocycles. The molecule has 3 N–H and O–H groups in total. The summed E-state index contributed by atoms with van der Waals surface area (Å²) in [6.45, 7) is 1.82. The van der Waals surface area contributed by atoms with Gasteiger partial charge in [0.15, 0.2) is 0 Å². The third kappa shape index (κ3) is 2.19. The molecular formula is C8H16N2O2. The Morgan fingerprint density at radius 1 is 1.58 bits per heavy atom. The standard InChI is InChI=1S/C8H16N2O2/c1-9-8(6-7(11)12)2-4-10-5-3-8/h9-10H,2-6H2,1H3,(H,11,12). The third-order valence-electron chi connectivity index (χ3n) is 2.58. The summed E-state index contributed by atoms with van der Waals surface area (Å²) >= 11 is 0. The van der Waals surface area contributed by atoms with Gasteiger partial charge in [-0.15, -0.1) is 0 Å². The van der Waals surface area contributed by atoms with Crippen molar-refractivity contribution in [3.63, 3.8) is 0 Å². The number of carboxylic acid groups (broad SMARTS) is 1. The van der Waals surface area contributed by atoms with Crippen molar-refractivity contribution in [2.45, 2.75) is 24.8 Å². The van der Waals surface area contributed by atoms with Crippen LogP contribution >= 0.6 is 0 Å². The van der Waals surface area contributed by atoms with Crippen LogP contribution in [0.25, 0.3) is 0 Å². The van der Waals surface area contributed by atoms with E-state index >= 15 is 0 Å². The fourth-order valence-corrected chi connectivity index (χ4v) is 1.71. The highest BCUT2D eigenvalue weighted by Gasteiger charge is 2.32. The molecule has 0 amide bonds. The highest BCUT2D eigenvalue weighted by Crippen LogP contribution is 2.21. The van der Waals surface area contributed by atoms with Crippen LogP contribution in [0.2, 0.25) is 0 Å². The Kier molecular flexibility index (Phi) is 3.05. The van der Waals surface area contributed by atoms with Gasteiger partial charge in [0.2, 0.25) is 0 Å². The molecule has 0 aromatic carbocycles. The van der Waals surface area contributed by atoms with E-state index in [4.69, 9.17) is 5.11 Å². The monoisotopic (exact) mass is 172 g/mol. The summed E-state index contributed by atoms with van der Waals surface area (Å²) < 4.78 is 0. The molecule has 70 valence electrons. The third-order valence-corrected chi connectivity index (χ3v) is 2.58. The summed E-state index contributed by atoms with van der Waals surface area (Å²) in [5.74, 6) is -0.716. The molecule has 0 atom stereocenters. The van der Waals surface area contributed by atoms with Crippen molar-refractivity contribution >= 4 is 5.97 Å². The van der Waals surface area contributed by atoms with Crippen LogP contribution in [0.3, 0.4) is 0 Å². The number of piperidine rings is 1. The van der Waals surface area contributed by atoms with Gasteiger partial charge in [-0.2, -0.15) is 0 Å². The fraction of sp³-hybridized carbons (Fsp3) is 0.875. The molecule has 0 aliphatic carbocycles. The van der Waals surface area contributed by atoms with E-state index in [1.807, 2.05) is 7.05 Å². The minimum Gasteiger partial charge on any atom is -0.481 e. The predicted octanol–water partition coefficient (Wildman–Crippen LogP) is -0.197. The van der Waals surface area contributed by atoms with Crippen molar-refractivity contribution in [2.75, 3.05) is 20.1 Å². The molecule has 1 aliphatic rings. The maximum Gasteiger partial charge on any atom is 0.305 e. The highest BCUT2D eigenvalue weighted by molar-refractivity contribution is 5.68. The van der Waals surface area contributed by atoms with Crippen molar-refractivity contribution in [3.05, 3.63) is 0 Å². The van der Waals surface area contributed by atoms with Crippen LogP contribution in [-0.4, -0.2) is 36.8 Å². The highest BCUT2D eigenvalue weighted by atomic mass is 16.4. The van der Waals surface area contributed by atoms with Crippen molar-refractivity contribution in [2.24, 2.45) is 0 Å². The topological polar surface area (TPSA) is 61.4 Å². The zero-order chi connectivity index (χ0) is 9.03. The molecule has 1 aliphatic heterocycles. The molecule has 1 fully saturated rings. The largest absolute Gasteiger partial charge is 0.481 e. The van der Waals surface area contributed by atoms with Gasteiger partial charge in [0.1, 0.15) is 0 Å². The molecule has 0 bridgehead atoms. The van der Waals surface area contributed by atoms with Gasteiger partial charge in [-0.3, -0.25) is 4.79 Å². The zero-order valence-corrected chi connectivity index (χ0v) is 7.39. The Hall–Kier alpha value is -0.610. The van der Waals surface area contributed by atoms with Crippen molar-refractivity contribution in [1.82, 2.24) is 10.6 Å². The van der Waals surface area contributed by atoms with E-state index in [0.717, 1.165) is 25.9 Å². The van der Waals surface area contributed by atoms with E-state index in [2.05, 4.69) is 10.6 Å². The van der Waals surface area contributed by atoms with E-state index in [-0.39, 0.29) is 12.0 Å². The van der Waals surface area contributed by atoms with Crippen molar-refractivity contribution in [3.8, 4) is 0 Å². The molecule has 0 radical (unpaired) electrons. The van der Waals surface area contributed by atoms with Gasteiger partial charge < -0.3 is 15.7 Å². The maximum atomic E-state index is 10.6. The second kappa shape index (κ2) is 3.87. The van der Waals surface area contributed by atoms with Gasteiger partial charge in [-0.05, 0) is 33.0 Å². The molecule has 0 spiro atoms. The second-order valence-electron chi connectivity index (χ2n) is 3.35. The van der Waals surface area contributed by atoms with Crippen LogP contribution < -0.4 is 10.6 Å². The molecule has 4 heteroatoms. The minimum atomic E-state index is -0.716. The maximum absolute atomic E-state index is 10.6. The molecule has 4 nitrogen and oxygen atoms in total. The number of carbonyl (C=O) groups is 1. The molecule has 0 unspecified atom stereocenters. The first kappa shape index (κ1) is 9.48. The Morgan fingerprint density at radius 2 is 2.17 bits per heavy atom. The van der Waals surface area contributed by atoms with Gasteiger partial charge in [0.25, 0.3) is 0 Å². The van der Waals surface area contributed by atoms with Gasteiger partial charge in [-0.1, -0.05) is 0 Å². The van der Waals surface area contributed by atoms with E-state index in [1.54, 1.807) is 0 Å². The molecule has 1 heterocycles. The first-order chi connectivity index (χ1) is 5.68. The molecule has 0 aromatic rings. The Morgan fingerprint density at radius 3 is 2.58 bits per heavy atom. The predicted molar refractivity (Wildman–Crippen MR) is 46.1 cm³/mol. The summed E-state index contributed by atoms with van der Waals surface area (Å²) in [7, 11) is 1.84. The van der Waals surface area contributed by atoms with E-state index in [9.17, 15) is 4.79 Å². The number of rotatable bonds is 3. The van der Waals surface area contributed by atoms with E-state index < -0.39 is 5.97 Å². The summed E-state index contributed by atoms with van der Waals surface area (Å²) in [6, 6.07) is 0. The Labute approximate surface area is 72.3 Å². The zero-order valence-electron chi connectivity index (χ0n) is 7.39. The number of aliphatic carboxylic acids is 1. The number of nitrogens with one attached hydrogen (secondary N) is 2. The minimum absolute atomic E-state index is 0.170. The SMILES string of the molecule is CNC1(CC(=O)O)CCNCC1. The van der Waals surface area contributed by atoms with Crippen molar-refractivity contribution < 1.29 is 9.90 Å². The summed E-state index contributed by atoms with van der Waals surface area (Å²) in [6.07, 6.45) is 2.02. The molecule has 0 saturated carbocycles. The van der Waals surface area contributed by atoms with Crippen molar-refractivity contribution in [1.29, 1.82) is 0 Å². The van der Waals surface area contributed by atoms with Crippen LogP contribution in [0.1, 0.15) is 19.3 Å². The van der Waals surface area contributed by atoms with Crippen LogP contribution in [0.4, 0.5) is 0 Å². The Bertz CT molecular complexity index is 164. The lowest BCUT2D eigenvalue weighted by Crippen LogP contribution is -2.52. The first-order valence-electron chi connectivity index (χ1n) is 4.30.